The summed E-state index contributed by atoms with van der Waals surface area (Å²) in [5, 5.41) is 0.838. The van der Waals surface area contributed by atoms with Crippen LogP contribution in [0.4, 0.5) is 0 Å². The third kappa shape index (κ3) is 2.52. The van der Waals surface area contributed by atoms with Gasteiger partial charge in [0, 0.05) is 36.2 Å². The average molecular weight is 256 g/mol. The maximum Gasteiger partial charge on any atom is 0.0360 e. The molecular formula is C14H28N2S. The molecule has 1 saturated carbocycles. The lowest BCUT2D eigenvalue weighted by Gasteiger charge is -2.48. The molecule has 0 bridgehead atoms. The number of hydrogen-bond donors (Lipinski definition) is 1. The topological polar surface area (TPSA) is 29.3 Å². The Hall–Kier alpha value is 0.270. The summed E-state index contributed by atoms with van der Waals surface area (Å²) >= 11 is 2.16. The highest BCUT2D eigenvalue weighted by Gasteiger charge is 2.46. The highest BCUT2D eigenvalue weighted by molar-refractivity contribution is 8.00. The largest absolute Gasteiger partial charge is 0.329 e. The second kappa shape index (κ2) is 5.94. The Morgan fingerprint density at radius 2 is 2.18 bits per heavy atom. The van der Waals surface area contributed by atoms with Crippen molar-refractivity contribution in [2.24, 2.45) is 11.7 Å². The van der Waals surface area contributed by atoms with E-state index in [1.807, 2.05) is 0 Å². The Bertz CT molecular complexity index is 246. The number of nitrogens with zero attached hydrogens (tertiary/aromatic N) is 1. The average Bonchev–Trinajstić information content (AvgIpc) is 2.82. The van der Waals surface area contributed by atoms with Gasteiger partial charge >= 0.3 is 0 Å². The Kier molecular flexibility index (Phi) is 4.79. The van der Waals surface area contributed by atoms with Crippen LogP contribution < -0.4 is 5.73 Å². The SMILES string of the molecule is CCC1CN(C2(CN)CCCC2CC)CCS1. The maximum absolute atomic E-state index is 6.20. The van der Waals surface area contributed by atoms with E-state index in [4.69, 9.17) is 5.73 Å². The number of hydrogen-bond acceptors (Lipinski definition) is 3. The molecule has 0 aromatic rings. The Morgan fingerprint density at radius 1 is 1.35 bits per heavy atom. The zero-order valence-corrected chi connectivity index (χ0v) is 12.3. The normalized spacial score (nSPS) is 39.7. The molecule has 2 nitrogen and oxygen atoms in total. The quantitative estimate of drug-likeness (QED) is 0.838. The van der Waals surface area contributed by atoms with Crippen molar-refractivity contribution in [3.05, 3.63) is 0 Å². The molecule has 2 N–H and O–H groups in total. The van der Waals surface area contributed by atoms with Crippen LogP contribution in [0.15, 0.2) is 0 Å². The summed E-state index contributed by atoms with van der Waals surface area (Å²) in [5.41, 5.74) is 6.55. The molecule has 1 heterocycles. The van der Waals surface area contributed by atoms with Gasteiger partial charge < -0.3 is 5.73 Å². The van der Waals surface area contributed by atoms with Crippen molar-refractivity contribution in [3.8, 4) is 0 Å². The van der Waals surface area contributed by atoms with E-state index in [2.05, 4.69) is 30.5 Å². The fraction of sp³-hybridized carbons (Fsp3) is 1.00. The summed E-state index contributed by atoms with van der Waals surface area (Å²) in [4.78, 5) is 2.76. The van der Waals surface area contributed by atoms with E-state index in [9.17, 15) is 0 Å². The van der Waals surface area contributed by atoms with Gasteiger partial charge in [0.15, 0.2) is 0 Å². The van der Waals surface area contributed by atoms with Crippen LogP contribution in [0, 0.1) is 5.92 Å². The van der Waals surface area contributed by atoms with Gasteiger partial charge in [0.2, 0.25) is 0 Å². The van der Waals surface area contributed by atoms with Crippen LogP contribution in [-0.2, 0) is 0 Å². The van der Waals surface area contributed by atoms with Crippen LogP contribution in [-0.4, -0.2) is 41.1 Å². The van der Waals surface area contributed by atoms with Crippen molar-refractivity contribution in [3.63, 3.8) is 0 Å². The van der Waals surface area contributed by atoms with Crippen LogP contribution in [0.5, 0.6) is 0 Å². The van der Waals surface area contributed by atoms with Crippen LogP contribution in [0.3, 0.4) is 0 Å². The summed E-state index contributed by atoms with van der Waals surface area (Å²) in [6, 6.07) is 0. The molecule has 2 aliphatic rings. The van der Waals surface area contributed by atoms with Crippen molar-refractivity contribution >= 4 is 11.8 Å². The molecule has 0 amide bonds. The van der Waals surface area contributed by atoms with E-state index in [0.717, 1.165) is 17.7 Å². The Balaban J connectivity index is 2.11. The first-order chi connectivity index (χ1) is 8.26. The molecule has 3 unspecified atom stereocenters. The summed E-state index contributed by atoms with van der Waals surface area (Å²) < 4.78 is 0. The fourth-order valence-electron chi connectivity index (χ4n) is 3.90. The summed E-state index contributed by atoms with van der Waals surface area (Å²) in [6.07, 6.45) is 6.73. The van der Waals surface area contributed by atoms with Crippen molar-refractivity contribution in [2.75, 3.05) is 25.4 Å². The van der Waals surface area contributed by atoms with Gasteiger partial charge in [-0.05, 0) is 25.2 Å². The van der Waals surface area contributed by atoms with Gasteiger partial charge in [-0.25, -0.2) is 0 Å². The van der Waals surface area contributed by atoms with Crippen molar-refractivity contribution in [1.29, 1.82) is 0 Å². The molecule has 0 aromatic heterocycles. The second-order valence-corrected chi connectivity index (χ2v) is 7.06. The zero-order valence-electron chi connectivity index (χ0n) is 11.5. The molecule has 2 fully saturated rings. The third-order valence-electron chi connectivity index (χ3n) is 4.99. The maximum atomic E-state index is 6.20. The lowest BCUT2D eigenvalue weighted by atomic mass is 9.83. The van der Waals surface area contributed by atoms with Gasteiger partial charge in [-0.3, -0.25) is 4.90 Å². The molecule has 3 atom stereocenters. The lowest BCUT2D eigenvalue weighted by molar-refractivity contribution is 0.0584. The van der Waals surface area contributed by atoms with E-state index in [1.54, 1.807) is 0 Å². The highest BCUT2D eigenvalue weighted by Crippen LogP contribution is 2.43. The summed E-state index contributed by atoms with van der Waals surface area (Å²) in [5.74, 6) is 2.14. The monoisotopic (exact) mass is 256 g/mol. The molecule has 1 aliphatic carbocycles. The van der Waals surface area contributed by atoms with Crippen molar-refractivity contribution in [2.45, 2.75) is 56.7 Å². The van der Waals surface area contributed by atoms with E-state index in [-0.39, 0.29) is 0 Å². The molecule has 100 valence electrons. The van der Waals surface area contributed by atoms with Gasteiger partial charge in [0.05, 0.1) is 0 Å². The highest BCUT2D eigenvalue weighted by atomic mass is 32.2. The molecule has 2 rings (SSSR count). The minimum atomic E-state index is 0.350. The number of nitrogens with two attached hydrogens (primary N) is 1. The first-order valence-electron chi connectivity index (χ1n) is 7.33. The molecule has 17 heavy (non-hydrogen) atoms. The fourth-order valence-corrected chi connectivity index (χ4v) is 5.08. The van der Waals surface area contributed by atoms with Crippen LogP contribution in [0.1, 0.15) is 46.0 Å². The van der Waals surface area contributed by atoms with E-state index >= 15 is 0 Å². The van der Waals surface area contributed by atoms with E-state index in [0.29, 0.717) is 5.54 Å². The molecule has 1 saturated heterocycles. The number of thioether (sulfide) groups is 1. The van der Waals surface area contributed by atoms with Gasteiger partial charge in [-0.1, -0.05) is 26.7 Å². The lowest BCUT2D eigenvalue weighted by Crippen LogP contribution is -2.59. The van der Waals surface area contributed by atoms with Gasteiger partial charge in [-0.15, -0.1) is 0 Å². The molecule has 1 aliphatic heterocycles. The molecule has 0 radical (unpaired) electrons. The van der Waals surface area contributed by atoms with Crippen LogP contribution in [0.25, 0.3) is 0 Å². The summed E-state index contributed by atoms with van der Waals surface area (Å²) in [6.45, 7) is 8.06. The summed E-state index contributed by atoms with van der Waals surface area (Å²) in [7, 11) is 0. The van der Waals surface area contributed by atoms with Crippen LogP contribution in [0.2, 0.25) is 0 Å². The zero-order chi connectivity index (χ0) is 12.3. The first kappa shape index (κ1) is 13.7. The van der Waals surface area contributed by atoms with Crippen molar-refractivity contribution < 1.29 is 0 Å². The van der Waals surface area contributed by atoms with E-state index < -0.39 is 0 Å². The minimum Gasteiger partial charge on any atom is -0.329 e. The van der Waals surface area contributed by atoms with Crippen molar-refractivity contribution in [1.82, 2.24) is 4.90 Å². The smallest absolute Gasteiger partial charge is 0.0360 e. The predicted molar refractivity (Wildman–Crippen MR) is 77.5 cm³/mol. The van der Waals surface area contributed by atoms with Crippen LogP contribution >= 0.6 is 11.8 Å². The minimum absolute atomic E-state index is 0.350. The Morgan fingerprint density at radius 3 is 2.82 bits per heavy atom. The Labute approximate surface area is 111 Å². The molecule has 0 spiro atoms. The van der Waals surface area contributed by atoms with E-state index in [1.165, 1.54) is 50.9 Å². The molecule has 3 heteroatoms. The predicted octanol–water partition coefficient (Wildman–Crippen LogP) is 2.72. The van der Waals surface area contributed by atoms with Gasteiger partial charge in [0.25, 0.3) is 0 Å². The third-order valence-corrected chi connectivity index (χ3v) is 6.36. The standard InChI is InChI=1S/C14H28N2S/c1-3-12-6-5-7-14(12,11-15)16-8-9-17-13(4-2)10-16/h12-13H,3-11,15H2,1-2H3. The molecule has 0 aromatic carbocycles. The second-order valence-electron chi connectivity index (χ2n) is 5.65. The molecular weight excluding hydrogens is 228 g/mol. The first-order valence-corrected chi connectivity index (χ1v) is 8.38. The van der Waals surface area contributed by atoms with Gasteiger partial charge in [0.1, 0.15) is 0 Å². The van der Waals surface area contributed by atoms with Gasteiger partial charge in [-0.2, -0.15) is 11.8 Å². The number of rotatable bonds is 4.